The number of piperidine rings is 1. The lowest BCUT2D eigenvalue weighted by molar-refractivity contribution is -0.137. The van der Waals surface area contributed by atoms with E-state index in [9.17, 15) is 9.59 Å². The molecule has 2 amide bonds. The van der Waals surface area contributed by atoms with Gasteiger partial charge in [0.25, 0.3) is 0 Å². The Bertz CT molecular complexity index is 634. The minimum atomic E-state index is 0.125. The number of hydrogen-bond acceptors (Lipinski definition) is 3. The highest BCUT2D eigenvalue weighted by atomic mass is 16.2. The number of nitrogens with zero attached hydrogens (tertiary/aromatic N) is 4. The summed E-state index contributed by atoms with van der Waals surface area (Å²) < 4.78 is 2.25. The zero-order chi connectivity index (χ0) is 19.8. The maximum atomic E-state index is 12.8. The molecule has 1 atom stereocenters. The fourth-order valence-electron chi connectivity index (χ4n) is 4.46. The van der Waals surface area contributed by atoms with Crippen molar-refractivity contribution < 1.29 is 9.59 Å². The second-order valence-electron chi connectivity index (χ2n) is 8.31. The van der Waals surface area contributed by atoms with E-state index in [1.807, 2.05) is 16.0 Å². The predicted molar refractivity (Wildman–Crippen MR) is 110 cm³/mol. The van der Waals surface area contributed by atoms with E-state index >= 15 is 0 Å². The van der Waals surface area contributed by atoms with Crippen LogP contribution in [0.1, 0.15) is 82.9 Å². The van der Waals surface area contributed by atoms with Crippen LogP contribution in [0, 0.1) is 0 Å². The zero-order valence-corrected chi connectivity index (χ0v) is 17.4. The molecule has 1 unspecified atom stereocenters. The molecule has 28 heavy (non-hydrogen) atoms. The quantitative estimate of drug-likeness (QED) is 0.717. The topological polar surface area (TPSA) is 58.4 Å². The Morgan fingerprint density at radius 2 is 1.68 bits per heavy atom. The van der Waals surface area contributed by atoms with Gasteiger partial charge in [-0.2, -0.15) is 0 Å². The molecule has 0 saturated carbocycles. The van der Waals surface area contributed by atoms with E-state index in [1.54, 1.807) is 0 Å². The van der Waals surface area contributed by atoms with Gasteiger partial charge in [0.2, 0.25) is 11.8 Å². The zero-order valence-electron chi connectivity index (χ0n) is 17.4. The van der Waals surface area contributed by atoms with Crippen molar-refractivity contribution in [3.63, 3.8) is 0 Å². The molecule has 0 spiro atoms. The number of aryl methyl sites for hydroxylation is 1. The molecule has 2 saturated heterocycles. The van der Waals surface area contributed by atoms with Crippen LogP contribution in [0.2, 0.25) is 0 Å². The summed E-state index contributed by atoms with van der Waals surface area (Å²) >= 11 is 0. The van der Waals surface area contributed by atoms with E-state index in [0.29, 0.717) is 18.8 Å². The van der Waals surface area contributed by atoms with E-state index in [2.05, 4.69) is 22.7 Å². The van der Waals surface area contributed by atoms with Crippen molar-refractivity contribution in [2.24, 2.45) is 0 Å². The highest BCUT2D eigenvalue weighted by molar-refractivity contribution is 5.84. The third-order valence-electron chi connectivity index (χ3n) is 6.15. The van der Waals surface area contributed by atoms with E-state index in [1.165, 1.54) is 12.8 Å². The van der Waals surface area contributed by atoms with Gasteiger partial charge in [0.05, 0.1) is 0 Å². The van der Waals surface area contributed by atoms with E-state index in [4.69, 9.17) is 0 Å². The first kappa shape index (κ1) is 20.9. The summed E-state index contributed by atoms with van der Waals surface area (Å²) in [4.78, 5) is 33.7. The number of aromatic nitrogens is 2. The minimum absolute atomic E-state index is 0.125. The Kier molecular flexibility index (Phi) is 7.92. The summed E-state index contributed by atoms with van der Waals surface area (Å²) in [6, 6.07) is 0. The molecule has 6 nitrogen and oxygen atoms in total. The van der Waals surface area contributed by atoms with Gasteiger partial charge in [-0.15, -0.1) is 0 Å². The van der Waals surface area contributed by atoms with Gasteiger partial charge in [0.1, 0.15) is 5.82 Å². The number of likely N-dealkylation sites (tertiary alicyclic amines) is 2. The normalized spacial score (nSPS) is 20.8. The van der Waals surface area contributed by atoms with Gasteiger partial charge in [-0.3, -0.25) is 9.59 Å². The van der Waals surface area contributed by atoms with Gasteiger partial charge in [0, 0.05) is 63.9 Å². The highest BCUT2D eigenvalue weighted by Crippen LogP contribution is 2.26. The largest absolute Gasteiger partial charge is 0.343 e. The van der Waals surface area contributed by atoms with Crippen molar-refractivity contribution in [3.05, 3.63) is 18.2 Å². The summed E-state index contributed by atoms with van der Waals surface area (Å²) in [7, 11) is 0. The van der Waals surface area contributed by atoms with Crippen LogP contribution in [0.3, 0.4) is 0 Å². The van der Waals surface area contributed by atoms with E-state index in [0.717, 1.165) is 77.1 Å². The van der Waals surface area contributed by atoms with Crippen LogP contribution in [0.25, 0.3) is 0 Å². The molecule has 1 aromatic rings. The van der Waals surface area contributed by atoms with E-state index < -0.39 is 0 Å². The molecule has 0 N–H and O–H groups in total. The van der Waals surface area contributed by atoms with Crippen LogP contribution in [-0.2, 0) is 16.1 Å². The molecule has 6 heteroatoms. The van der Waals surface area contributed by atoms with Gasteiger partial charge < -0.3 is 14.4 Å². The summed E-state index contributed by atoms with van der Waals surface area (Å²) in [6.07, 6.45) is 13.7. The van der Waals surface area contributed by atoms with Crippen LogP contribution in [0.4, 0.5) is 0 Å². The molecule has 2 fully saturated rings. The first-order valence-corrected chi connectivity index (χ1v) is 11.3. The Morgan fingerprint density at radius 1 is 1.00 bits per heavy atom. The number of carbonyl (C=O) groups excluding carboxylic acids is 2. The molecule has 0 bridgehead atoms. The van der Waals surface area contributed by atoms with Crippen LogP contribution in [-0.4, -0.2) is 57.3 Å². The first-order valence-electron chi connectivity index (χ1n) is 11.3. The number of imidazole rings is 1. The molecule has 3 rings (SSSR count). The lowest BCUT2D eigenvalue weighted by Gasteiger charge is -2.33. The molecule has 2 aliphatic heterocycles. The number of rotatable bonds is 7. The average Bonchev–Trinajstić information content (AvgIpc) is 3.02. The van der Waals surface area contributed by atoms with Crippen LogP contribution >= 0.6 is 0 Å². The SMILES string of the molecule is CCCCn1ccnc1C1CCCN(C(=O)CCC(=O)N2CCCCCC2)C1. The van der Waals surface area contributed by atoms with Crippen molar-refractivity contribution in [2.75, 3.05) is 26.2 Å². The molecule has 2 aliphatic rings. The van der Waals surface area contributed by atoms with Crippen LogP contribution in [0.15, 0.2) is 12.4 Å². The maximum absolute atomic E-state index is 12.8. The Balaban J connectivity index is 1.50. The third-order valence-corrected chi connectivity index (χ3v) is 6.15. The van der Waals surface area contributed by atoms with Gasteiger partial charge in [-0.25, -0.2) is 4.98 Å². The smallest absolute Gasteiger partial charge is 0.223 e. The van der Waals surface area contributed by atoms with Gasteiger partial charge in [-0.05, 0) is 32.1 Å². The second kappa shape index (κ2) is 10.6. The average molecular weight is 389 g/mol. The van der Waals surface area contributed by atoms with Crippen molar-refractivity contribution in [1.82, 2.24) is 19.4 Å². The fourth-order valence-corrected chi connectivity index (χ4v) is 4.46. The summed E-state index contributed by atoms with van der Waals surface area (Å²) in [6.45, 7) is 6.46. The summed E-state index contributed by atoms with van der Waals surface area (Å²) in [5, 5.41) is 0. The lowest BCUT2D eigenvalue weighted by Crippen LogP contribution is -2.40. The maximum Gasteiger partial charge on any atom is 0.223 e. The van der Waals surface area contributed by atoms with Gasteiger partial charge >= 0.3 is 0 Å². The molecule has 156 valence electrons. The summed E-state index contributed by atoms with van der Waals surface area (Å²) in [5.41, 5.74) is 0. The molecule has 0 aromatic carbocycles. The number of hydrogen-bond donors (Lipinski definition) is 0. The van der Waals surface area contributed by atoms with Gasteiger partial charge in [0.15, 0.2) is 0 Å². The van der Waals surface area contributed by atoms with Crippen molar-refractivity contribution in [1.29, 1.82) is 0 Å². The fraction of sp³-hybridized carbons (Fsp3) is 0.773. The second-order valence-corrected chi connectivity index (χ2v) is 8.31. The van der Waals surface area contributed by atoms with Crippen LogP contribution in [0.5, 0.6) is 0 Å². The molecule has 0 radical (unpaired) electrons. The Morgan fingerprint density at radius 3 is 2.39 bits per heavy atom. The standard InChI is InChI=1S/C22H36N4O2/c1-2-3-13-25-17-12-23-22(25)19-9-8-16-26(18-19)21(28)11-10-20(27)24-14-6-4-5-7-15-24/h12,17,19H,2-11,13-16,18H2,1H3. The van der Waals surface area contributed by atoms with Crippen molar-refractivity contribution in [3.8, 4) is 0 Å². The van der Waals surface area contributed by atoms with Crippen molar-refractivity contribution in [2.45, 2.75) is 83.6 Å². The number of unbranched alkanes of at least 4 members (excludes halogenated alkanes) is 1. The monoisotopic (exact) mass is 388 g/mol. The van der Waals surface area contributed by atoms with Gasteiger partial charge in [-0.1, -0.05) is 26.2 Å². The minimum Gasteiger partial charge on any atom is -0.343 e. The predicted octanol–water partition coefficient (Wildman–Crippen LogP) is 3.57. The molecule has 3 heterocycles. The third kappa shape index (κ3) is 5.58. The highest BCUT2D eigenvalue weighted by Gasteiger charge is 2.28. The molecular weight excluding hydrogens is 352 g/mol. The molecule has 1 aromatic heterocycles. The lowest BCUT2D eigenvalue weighted by atomic mass is 9.96. The Hall–Kier alpha value is -1.85. The van der Waals surface area contributed by atoms with Crippen molar-refractivity contribution >= 4 is 11.8 Å². The van der Waals surface area contributed by atoms with E-state index in [-0.39, 0.29) is 11.8 Å². The Labute approximate surface area is 169 Å². The number of amides is 2. The molecule has 0 aliphatic carbocycles. The molecular formula is C22H36N4O2. The first-order chi connectivity index (χ1) is 13.7. The summed E-state index contributed by atoms with van der Waals surface area (Å²) in [5.74, 6) is 1.70. The van der Waals surface area contributed by atoms with Crippen LogP contribution < -0.4 is 0 Å². The number of carbonyl (C=O) groups is 2.